The van der Waals surface area contributed by atoms with Crippen LogP contribution in [0.25, 0.3) is 0 Å². The Hall–Kier alpha value is -2.27. The largest absolute Gasteiger partial charge is 0.490 e. The zero-order valence-electron chi connectivity index (χ0n) is 18.0. The first-order chi connectivity index (χ1) is 14.4. The van der Waals surface area contributed by atoms with Crippen LogP contribution in [0.5, 0.6) is 0 Å². The Labute approximate surface area is 179 Å². The highest BCUT2D eigenvalue weighted by Crippen LogP contribution is 2.37. The summed E-state index contributed by atoms with van der Waals surface area (Å²) >= 11 is 0. The van der Waals surface area contributed by atoms with Crippen molar-refractivity contribution < 1.29 is 37.0 Å². The standard InChI is InChI=1S/C18H29N3O3.C2HF3O2/c1-14-6-7-16(23-14)12-21-10-9-18(13-21)8-4-5-15(24-18)11-19-17(22)20(2)3;3-2(4,5)1(6)7/h6-7,15H,4-5,8-13H2,1-3H3,(H,19,22);(H,6,7)/t15-,18-;/m1./s1. The summed E-state index contributed by atoms with van der Waals surface area (Å²) in [6.07, 6.45) is -0.611. The third-order valence-corrected chi connectivity index (χ3v) is 5.28. The lowest BCUT2D eigenvalue weighted by molar-refractivity contribution is -0.192. The predicted molar refractivity (Wildman–Crippen MR) is 106 cm³/mol. The van der Waals surface area contributed by atoms with Gasteiger partial charge in [0.2, 0.25) is 0 Å². The number of nitrogens with zero attached hydrogens (tertiary/aromatic N) is 2. The normalized spacial score (nSPS) is 23.9. The summed E-state index contributed by atoms with van der Waals surface area (Å²) in [5.41, 5.74) is -0.0482. The van der Waals surface area contributed by atoms with E-state index in [1.165, 1.54) is 0 Å². The first-order valence-corrected chi connectivity index (χ1v) is 10.1. The number of carboxylic acids is 1. The van der Waals surface area contributed by atoms with Crippen molar-refractivity contribution in [2.45, 2.75) is 57.0 Å². The smallest absolute Gasteiger partial charge is 0.475 e. The molecule has 31 heavy (non-hydrogen) atoms. The van der Waals surface area contributed by atoms with Crippen LogP contribution in [0, 0.1) is 6.92 Å². The quantitative estimate of drug-likeness (QED) is 0.734. The van der Waals surface area contributed by atoms with E-state index in [0.29, 0.717) is 6.54 Å². The number of furan rings is 1. The van der Waals surface area contributed by atoms with E-state index in [1.54, 1.807) is 19.0 Å². The molecule has 0 unspecified atom stereocenters. The number of carboxylic acid groups (broad SMARTS) is 1. The van der Waals surface area contributed by atoms with Gasteiger partial charge in [0.05, 0.1) is 18.2 Å². The van der Waals surface area contributed by atoms with Crippen LogP contribution in [0.1, 0.15) is 37.2 Å². The summed E-state index contributed by atoms with van der Waals surface area (Å²) in [5.74, 6) is -0.771. The van der Waals surface area contributed by atoms with Crippen molar-refractivity contribution in [1.82, 2.24) is 15.1 Å². The van der Waals surface area contributed by atoms with Crippen LogP contribution in [0.4, 0.5) is 18.0 Å². The molecule has 3 rings (SSSR count). The second-order valence-corrected chi connectivity index (χ2v) is 8.17. The maximum atomic E-state index is 11.7. The average molecular weight is 449 g/mol. The molecule has 11 heteroatoms. The van der Waals surface area contributed by atoms with Gasteiger partial charge in [-0.3, -0.25) is 4.90 Å². The number of amides is 2. The summed E-state index contributed by atoms with van der Waals surface area (Å²) in [6, 6.07) is 4.02. The minimum absolute atomic E-state index is 0.0482. The number of alkyl halides is 3. The van der Waals surface area contributed by atoms with Gasteiger partial charge < -0.3 is 24.5 Å². The van der Waals surface area contributed by atoms with Gasteiger partial charge in [0.25, 0.3) is 0 Å². The monoisotopic (exact) mass is 449 g/mol. The molecule has 1 spiro atoms. The fourth-order valence-electron chi connectivity index (χ4n) is 3.78. The van der Waals surface area contributed by atoms with E-state index >= 15 is 0 Å². The number of rotatable bonds is 4. The molecule has 1 aromatic rings. The fraction of sp³-hybridized carbons (Fsp3) is 0.700. The van der Waals surface area contributed by atoms with E-state index in [-0.39, 0.29) is 17.7 Å². The molecule has 176 valence electrons. The van der Waals surface area contributed by atoms with Crippen LogP contribution >= 0.6 is 0 Å². The highest BCUT2D eigenvalue weighted by Gasteiger charge is 2.43. The van der Waals surface area contributed by atoms with Gasteiger partial charge >= 0.3 is 18.2 Å². The Balaban J connectivity index is 0.000000423. The van der Waals surface area contributed by atoms with Crippen LogP contribution < -0.4 is 5.32 Å². The molecule has 2 amide bonds. The van der Waals surface area contributed by atoms with Crippen molar-refractivity contribution in [3.8, 4) is 0 Å². The van der Waals surface area contributed by atoms with Crippen LogP contribution in [-0.4, -0.2) is 78.5 Å². The summed E-state index contributed by atoms with van der Waals surface area (Å²) in [4.78, 5) is 24.6. The van der Waals surface area contributed by atoms with Crippen molar-refractivity contribution in [3.05, 3.63) is 23.7 Å². The molecule has 2 aliphatic heterocycles. The topological polar surface area (TPSA) is 95.3 Å². The number of carbonyl (C=O) groups is 2. The molecule has 1 aromatic heterocycles. The zero-order chi connectivity index (χ0) is 23.2. The molecule has 2 aliphatic rings. The number of hydrogen-bond donors (Lipinski definition) is 2. The molecule has 0 bridgehead atoms. The van der Waals surface area contributed by atoms with E-state index in [0.717, 1.165) is 56.8 Å². The minimum Gasteiger partial charge on any atom is -0.475 e. The summed E-state index contributed by atoms with van der Waals surface area (Å²) in [7, 11) is 3.51. The molecular formula is C20H30F3N3O5. The lowest BCUT2D eigenvalue weighted by atomic mass is 9.90. The maximum Gasteiger partial charge on any atom is 0.490 e. The molecule has 8 nitrogen and oxygen atoms in total. The molecular weight excluding hydrogens is 419 g/mol. The lowest BCUT2D eigenvalue weighted by Crippen LogP contribution is -2.48. The van der Waals surface area contributed by atoms with Gasteiger partial charge in [-0.05, 0) is 44.7 Å². The van der Waals surface area contributed by atoms with Gasteiger partial charge in [0.15, 0.2) is 0 Å². The zero-order valence-corrected chi connectivity index (χ0v) is 18.0. The van der Waals surface area contributed by atoms with Gasteiger partial charge in [-0.2, -0.15) is 13.2 Å². The Morgan fingerprint density at radius 3 is 2.55 bits per heavy atom. The van der Waals surface area contributed by atoms with Gasteiger partial charge in [-0.1, -0.05) is 0 Å². The number of aryl methyl sites for hydroxylation is 1. The molecule has 2 fully saturated rings. The summed E-state index contributed by atoms with van der Waals surface area (Å²) < 4.78 is 43.9. The van der Waals surface area contributed by atoms with E-state index in [9.17, 15) is 18.0 Å². The third kappa shape index (κ3) is 7.73. The van der Waals surface area contributed by atoms with E-state index in [2.05, 4.69) is 16.3 Å². The second kappa shape index (κ2) is 10.4. The van der Waals surface area contributed by atoms with Crippen LogP contribution in [0.15, 0.2) is 16.5 Å². The molecule has 0 aromatic carbocycles. The molecule has 2 N–H and O–H groups in total. The number of ether oxygens (including phenoxy) is 1. The van der Waals surface area contributed by atoms with Crippen LogP contribution in [-0.2, 0) is 16.1 Å². The lowest BCUT2D eigenvalue weighted by Gasteiger charge is -2.39. The highest BCUT2D eigenvalue weighted by molar-refractivity contribution is 5.73. The Morgan fingerprint density at radius 2 is 2.00 bits per heavy atom. The predicted octanol–water partition coefficient (Wildman–Crippen LogP) is 3.01. The summed E-state index contributed by atoms with van der Waals surface area (Å²) in [5, 5.41) is 10.1. The first kappa shape index (κ1) is 25.0. The highest BCUT2D eigenvalue weighted by atomic mass is 19.4. The number of hydrogen-bond acceptors (Lipinski definition) is 5. The van der Waals surface area contributed by atoms with E-state index in [1.807, 2.05) is 13.0 Å². The van der Waals surface area contributed by atoms with E-state index in [4.69, 9.17) is 19.1 Å². The first-order valence-electron chi connectivity index (χ1n) is 10.1. The number of nitrogens with one attached hydrogen (secondary N) is 1. The molecule has 2 saturated heterocycles. The molecule has 0 radical (unpaired) electrons. The molecule has 3 heterocycles. The van der Waals surface area contributed by atoms with Gasteiger partial charge in [-0.15, -0.1) is 0 Å². The third-order valence-electron chi connectivity index (χ3n) is 5.28. The number of urea groups is 1. The fourth-order valence-corrected chi connectivity index (χ4v) is 3.78. The second-order valence-electron chi connectivity index (χ2n) is 8.17. The van der Waals surface area contributed by atoms with E-state index < -0.39 is 12.1 Å². The van der Waals surface area contributed by atoms with Crippen molar-refractivity contribution in [1.29, 1.82) is 0 Å². The number of likely N-dealkylation sites (tertiary alicyclic amines) is 1. The van der Waals surface area contributed by atoms with Crippen molar-refractivity contribution >= 4 is 12.0 Å². The van der Waals surface area contributed by atoms with Crippen molar-refractivity contribution in [2.75, 3.05) is 33.7 Å². The Bertz CT molecular complexity index is 753. The van der Waals surface area contributed by atoms with Crippen molar-refractivity contribution in [3.63, 3.8) is 0 Å². The molecule has 0 aliphatic carbocycles. The van der Waals surface area contributed by atoms with Gasteiger partial charge in [0.1, 0.15) is 11.5 Å². The summed E-state index contributed by atoms with van der Waals surface area (Å²) in [6.45, 7) is 5.41. The molecule has 2 atom stereocenters. The number of halogens is 3. The van der Waals surface area contributed by atoms with Crippen LogP contribution in [0.2, 0.25) is 0 Å². The Morgan fingerprint density at radius 1 is 1.32 bits per heavy atom. The Kier molecular flexibility index (Phi) is 8.35. The van der Waals surface area contributed by atoms with Crippen molar-refractivity contribution in [2.24, 2.45) is 0 Å². The SMILES string of the molecule is Cc1ccc(CN2CC[C@]3(CCC[C@H](CNC(=O)N(C)C)O3)C2)o1.O=C(O)C(F)(F)F. The minimum atomic E-state index is -5.08. The molecule has 0 saturated carbocycles. The number of carbonyl (C=O) groups excluding carboxylic acids is 1. The maximum absolute atomic E-state index is 11.7. The number of aliphatic carboxylic acids is 1. The average Bonchev–Trinajstić information content (AvgIpc) is 3.25. The van der Waals surface area contributed by atoms with Crippen LogP contribution in [0.3, 0.4) is 0 Å². The van der Waals surface area contributed by atoms with Gasteiger partial charge in [0, 0.05) is 33.7 Å². The van der Waals surface area contributed by atoms with Gasteiger partial charge in [-0.25, -0.2) is 9.59 Å².